The molecule has 176 valence electrons. The van der Waals surface area contributed by atoms with Crippen LogP contribution in [0.5, 0.6) is 0 Å². The highest BCUT2D eigenvalue weighted by Gasteiger charge is 2.11. The molecule has 0 aliphatic heterocycles. The standard InChI is InChI=1S/C22H18ClFN4S.C5H10/c1-2-13-9-15(10-16-12-26-22(25)27-21(13)16)14-7-8-19(18(24)11-14)28-29-20-6-4-3-5-17(20)23;1-2-4-5-3-1/h3-12,28H,2H2,1H3,(H2,25,26,27);1-5H2. The minimum atomic E-state index is -0.339. The monoisotopic (exact) mass is 494 g/mol. The van der Waals surface area contributed by atoms with E-state index in [-0.39, 0.29) is 11.8 Å². The number of nitrogen functional groups attached to an aromatic ring is 1. The number of fused-ring (bicyclic) bond motifs is 1. The molecule has 3 N–H and O–H groups in total. The Labute approximate surface area is 209 Å². The highest BCUT2D eigenvalue weighted by atomic mass is 35.5. The lowest BCUT2D eigenvalue weighted by Crippen LogP contribution is -1.97. The van der Waals surface area contributed by atoms with Crippen molar-refractivity contribution in [3.63, 3.8) is 0 Å². The third-order valence-corrected chi connectivity index (χ3v) is 7.16. The second-order valence-electron chi connectivity index (χ2n) is 8.25. The van der Waals surface area contributed by atoms with Gasteiger partial charge >= 0.3 is 0 Å². The van der Waals surface area contributed by atoms with Gasteiger partial charge in [-0.15, -0.1) is 0 Å². The molecular formula is C27H28ClFN4S. The molecule has 7 heteroatoms. The van der Waals surface area contributed by atoms with Crippen LogP contribution >= 0.6 is 23.5 Å². The van der Waals surface area contributed by atoms with Gasteiger partial charge in [-0.05, 0) is 71.5 Å². The van der Waals surface area contributed by atoms with E-state index in [1.807, 2.05) is 36.4 Å². The van der Waals surface area contributed by atoms with Crippen molar-refractivity contribution >= 4 is 46.1 Å². The molecule has 4 nitrogen and oxygen atoms in total. The van der Waals surface area contributed by atoms with E-state index in [0.717, 1.165) is 38.9 Å². The quantitative estimate of drug-likeness (QED) is 0.273. The Morgan fingerprint density at radius 2 is 1.74 bits per heavy atom. The first-order valence-electron chi connectivity index (χ1n) is 11.6. The molecule has 34 heavy (non-hydrogen) atoms. The molecule has 1 aliphatic carbocycles. The molecular weight excluding hydrogens is 467 g/mol. The minimum absolute atomic E-state index is 0.248. The van der Waals surface area contributed by atoms with Crippen LogP contribution in [0.1, 0.15) is 44.6 Å². The number of benzene rings is 3. The molecule has 0 bridgehead atoms. The molecule has 1 aliphatic rings. The number of nitrogens with two attached hydrogens (primary N) is 1. The smallest absolute Gasteiger partial charge is 0.220 e. The van der Waals surface area contributed by atoms with Crippen LogP contribution in [-0.2, 0) is 6.42 Å². The number of hydrogen-bond acceptors (Lipinski definition) is 5. The maximum Gasteiger partial charge on any atom is 0.220 e. The van der Waals surface area contributed by atoms with Crippen molar-refractivity contribution in [3.05, 3.63) is 77.2 Å². The summed E-state index contributed by atoms with van der Waals surface area (Å²) in [5.41, 5.74) is 9.69. The fraction of sp³-hybridized carbons (Fsp3) is 0.259. The molecule has 5 rings (SSSR count). The second-order valence-corrected chi connectivity index (χ2v) is 9.51. The first-order chi connectivity index (χ1) is 16.5. The average Bonchev–Trinajstić information content (AvgIpc) is 3.44. The fourth-order valence-corrected chi connectivity index (χ4v) is 4.92. The van der Waals surface area contributed by atoms with Gasteiger partial charge in [0.2, 0.25) is 5.95 Å². The number of anilines is 2. The van der Waals surface area contributed by atoms with Crippen LogP contribution in [0, 0.1) is 5.82 Å². The van der Waals surface area contributed by atoms with Gasteiger partial charge in [0, 0.05) is 16.5 Å². The molecule has 0 amide bonds. The summed E-state index contributed by atoms with van der Waals surface area (Å²) in [7, 11) is 0. The number of halogens is 2. The molecule has 0 radical (unpaired) electrons. The number of rotatable bonds is 5. The van der Waals surface area contributed by atoms with Gasteiger partial charge in [-0.2, -0.15) is 0 Å². The lowest BCUT2D eigenvalue weighted by Gasteiger charge is -2.11. The highest BCUT2D eigenvalue weighted by molar-refractivity contribution is 8.00. The van der Waals surface area contributed by atoms with E-state index in [1.54, 1.807) is 18.3 Å². The van der Waals surface area contributed by atoms with Crippen molar-refractivity contribution in [2.45, 2.75) is 50.3 Å². The molecule has 0 spiro atoms. The molecule has 0 saturated heterocycles. The maximum absolute atomic E-state index is 14.7. The van der Waals surface area contributed by atoms with Crippen LogP contribution in [0.3, 0.4) is 0 Å². The van der Waals surface area contributed by atoms with E-state index in [1.165, 1.54) is 50.1 Å². The summed E-state index contributed by atoms with van der Waals surface area (Å²) in [4.78, 5) is 9.25. The summed E-state index contributed by atoms with van der Waals surface area (Å²) >= 11 is 7.42. The van der Waals surface area contributed by atoms with E-state index < -0.39 is 0 Å². The van der Waals surface area contributed by atoms with Gasteiger partial charge in [0.05, 0.1) is 16.2 Å². The fourth-order valence-electron chi connectivity index (χ4n) is 3.97. The van der Waals surface area contributed by atoms with Gasteiger partial charge in [0.15, 0.2) is 0 Å². The van der Waals surface area contributed by atoms with E-state index in [4.69, 9.17) is 17.3 Å². The normalized spacial score (nSPS) is 12.9. The third kappa shape index (κ3) is 5.99. The second kappa shape index (κ2) is 11.5. The van der Waals surface area contributed by atoms with E-state index in [2.05, 4.69) is 21.6 Å². The summed E-state index contributed by atoms with van der Waals surface area (Å²) in [6.07, 6.45) is 9.99. The van der Waals surface area contributed by atoms with Crippen LogP contribution in [0.15, 0.2) is 65.7 Å². The lowest BCUT2D eigenvalue weighted by molar-refractivity contribution is 0.633. The Hall–Kier alpha value is -2.83. The Kier molecular flexibility index (Phi) is 8.25. The van der Waals surface area contributed by atoms with Gasteiger partial charge in [-0.1, -0.05) is 68.8 Å². The summed E-state index contributed by atoms with van der Waals surface area (Å²) < 4.78 is 17.8. The van der Waals surface area contributed by atoms with E-state index in [0.29, 0.717) is 10.7 Å². The molecule has 0 unspecified atom stereocenters. The van der Waals surface area contributed by atoms with Crippen molar-refractivity contribution in [2.24, 2.45) is 0 Å². The van der Waals surface area contributed by atoms with Gasteiger partial charge in [0.1, 0.15) is 5.82 Å². The van der Waals surface area contributed by atoms with Gasteiger partial charge in [0.25, 0.3) is 0 Å². The van der Waals surface area contributed by atoms with Crippen molar-refractivity contribution in [1.82, 2.24) is 9.97 Å². The van der Waals surface area contributed by atoms with Crippen LogP contribution in [0.2, 0.25) is 5.02 Å². The summed E-state index contributed by atoms with van der Waals surface area (Å²) in [6.45, 7) is 2.05. The number of hydrogen-bond donors (Lipinski definition) is 2. The molecule has 1 aromatic heterocycles. The Bertz CT molecular complexity index is 1270. The van der Waals surface area contributed by atoms with Crippen molar-refractivity contribution in [3.8, 4) is 11.1 Å². The van der Waals surface area contributed by atoms with Crippen molar-refractivity contribution in [2.75, 3.05) is 10.5 Å². The molecule has 1 fully saturated rings. The summed E-state index contributed by atoms with van der Waals surface area (Å²) in [6, 6.07) is 16.5. The molecule has 1 saturated carbocycles. The number of aryl methyl sites for hydroxylation is 1. The van der Waals surface area contributed by atoms with Crippen LogP contribution in [0.25, 0.3) is 22.0 Å². The highest BCUT2D eigenvalue weighted by Crippen LogP contribution is 2.32. The minimum Gasteiger partial charge on any atom is -0.368 e. The maximum atomic E-state index is 14.7. The van der Waals surface area contributed by atoms with Crippen molar-refractivity contribution < 1.29 is 4.39 Å². The Morgan fingerprint density at radius 1 is 1.00 bits per heavy atom. The average molecular weight is 495 g/mol. The van der Waals surface area contributed by atoms with Gasteiger partial charge in [-0.25, -0.2) is 14.4 Å². The van der Waals surface area contributed by atoms with E-state index in [9.17, 15) is 4.39 Å². The van der Waals surface area contributed by atoms with Gasteiger partial charge in [-0.3, -0.25) is 0 Å². The third-order valence-electron chi connectivity index (χ3n) is 5.82. The Morgan fingerprint density at radius 3 is 2.41 bits per heavy atom. The van der Waals surface area contributed by atoms with Crippen LogP contribution in [-0.4, -0.2) is 9.97 Å². The predicted molar refractivity (Wildman–Crippen MR) is 143 cm³/mol. The van der Waals surface area contributed by atoms with Crippen LogP contribution in [0.4, 0.5) is 16.0 Å². The molecule has 1 heterocycles. The SMILES string of the molecule is C1CCCC1.CCc1cc(-c2ccc(NSc3ccccc3Cl)c(F)c2)cc2cnc(N)nc12. The molecule has 0 atom stereocenters. The Balaban J connectivity index is 0.000000486. The zero-order valence-corrected chi connectivity index (χ0v) is 20.7. The number of nitrogens with zero attached hydrogens (tertiary/aromatic N) is 2. The zero-order chi connectivity index (χ0) is 23.9. The summed E-state index contributed by atoms with van der Waals surface area (Å²) in [5, 5.41) is 1.50. The number of nitrogens with one attached hydrogen (secondary N) is 1. The predicted octanol–water partition coefficient (Wildman–Crippen LogP) is 8.30. The van der Waals surface area contributed by atoms with Gasteiger partial charge < -0.3 is 10.5 Å². The topological polar surface area (TPSA) is 63.8 Å². The van der Waals surface area contributed by atoms with Crippen molar-refractivity contribution in [1.29, 1.82) is 0 Å². The lowest BCUT2D eigenvalue weighted by atomic mass is 9.98. The molecule has 4 aromatic rings. The largest absolute Gasteiger partial charge is 0.368 e. The van der Waals surface area contributed by atoms with Crippen LogP contribution < -0.4 is 10.5 Å². The van der Waals surface area contributed by atoms with E-state index >= 15 is 0 Å². The first-order valence-corrected chi connectivity index (χ1v) is 12.8. The summed E-state index contributed by atoms with van der Waals surface area (Å²) in [5.74, 6) is -0.0915. The zero-order valence-electron chi connectivity index (χ0n) is 19.2. The first kappa shape index (κ1) is 24.3. The number of aromatic nitrogens is 2. The molecule has 3 aromatic carbocycles.